The summed E-state index contributed by atoms with van der Waals surface area (Å²) in [6.45, 7) is 3.12. The van der Waals surface area contributed by atoms with Crippen LogP contribution in [0.5, 0.6) is 0 Å². The van der Waals surface area contributed by atoms with Crippen molar-refractivity contribution in [2.45, 2.75) is 26.2 Å². The Balaban J connectivity index is 3.41. The maximum absolute atomic E-state index is 5.40. The van der Waals surface area contributed by atoms with E-state index >= 15 is 0 Å². The molecular weight excluding hydrogens is 124 g/mol. The van der Waals surface area contributed by atoms with Crippen LogP contribution in [0.25, 0.3) is 0 Å². The van der Waals surface area contributed by atoms with Crippen LogP contribution >= 0.6 is 0 Å². The summed E-state index contributed by atoms with van der Waals surface area (Å²) in [4.78, 5) is 0. The molecule has 2 heteroatoms. The third kappa shape index (κ3) is 4.39. The maximum Gasteiger partial charge on any atom is 0.0178 e. The molecule has 0 heterocycles. The molecule has 0 aromatic heterocycles. The second-order valence-electron chi connectivity index (χ2n) is 2.46. The zero-order valence-electron chi connectivity index (χ0n) is 6.98. The predicted octanol–water partition coefficient (Wildman–Crippen LogP) is 1.24. The molecule has 3 N–H and O–H groups in total. The van der Waals surface area contributed by atoms with E-state index in [0.29, 0.717) is 0 Å². The van der Waals surface area contributed by atoms with Gasteiger partial charge in [-0.3, -0.25) is 0 Å². The van der Waals surface area contributed by atoms with Crippen molar-refractivity contribution < 1.29 is 0 Å². The molecule has 0 radical (unpaired) electrons. The van der Waals surface area contributed by atoms with Crippen LogP contribution in [0.2, 0.25) is 0 Å². The lowest BCUT2D eigenvalue weighted by Gasteiger charge is -2.03. The highest BCUT2D eigenvalue weighted by Gasteiger charge is 1.92. The number of nitrogens with one attached hydrogen (secondary N) is 1. The predicted molar refractivity (Wildman–Crippen MR) is 45.7 cm³/mol. The quantitative estimate of drug-likeness (QED) is 0.606. The molecule has 0 saturated carbocycles. The molecule has 0 atom stereocenters. The van der Waals surface area contributed by atoms with Gasteiger partial charge in [0.1, 0.15) is 0 Å². The fourth-order valence-electron chi connectivity index (χ4n) is 0.862. The minimum absolute atomic E-state index is 0.927. The fraction of sp³-hybridized carbons (Fsp3) is 0.750. The summed E-state index contributed by atoms with van der Waals surface area (Å²) in [7, 11) is 1.94. The van der Waals surface area contributed by atoms with Gasteiger partial charge in [-0.05, 0) is 31.7 Å². The molecule has 60 valence electrons. The SMILES string of the molecule is CCCC/C(=C/N)CNC. The van der Waals surface area contributed by atoms with Crippen molar-refractivity contribution >= 4 is 0 Å². The van der Waals surface area contributed by atoms with Gasteiger partial charge in [0.2, 0.25) is 0 Å². The van der Waals surface area contributed by atoms with Gasteiger partial charge in [-0.1, -0.05) is 13.3 Å². The Kier molecular flexibility index (Phi) is 6.29. The summed E-state index contributed by atoms with van der Waals surface area (Å²) in [5.74, 6) is 0. The second-order valence-corrected chi connectivity index (χ2v) is 2.46. The molecule has 0 spiro atoms. The minimum atomic E-state index is 0.927. The van der Waals surface area contributed by atoms with Crippen LogP contribution in [0, 0.1) is 0 Å². The topological polar surface area (TPSA) is 38.0 Å². The molecule has 0 aliphatic heterocycles. The molecule has 0 amide bonds. The van der Waals surface area contributed by atoms with Gasteiger partial charge in [-0.25, -0.2) is 0 Å². The van der Waals surface area contributed by atoms with Crippen molar-refractivity contribution in [3.8, 4) is 0 Å². The van der Waals surface area contributed by atoms with Gasteiger partial charge in [-0.2, -0.15) is 0 Å². The molecule has 0 aliphatic carbocycles. The first-order valence-corrected chi connectivity index (χ1v) is 3.89. The number of likely N-dealkylation sites (N-methyl/N-ethyl adjacent to an activating group) is 1. The van der Waals surface area contributed by atoms with Crippen molar-refractivity contribution in [2.24, 2.45) is 5.73 Å². The largest absolute Gasteiger partial charge is 0.405 e. The third-order valence-corrected chi connectivity index (χ3v) is 1.49. The Morgan fingerprint density at radius 3 is 2.70 bits per heavy atom. The van der Waals surface area contributed by atoms with E-state index in [0.717, 1.165) is 13.0 Å². The zero-order valence-corrected chi connectivity index (χ0v) is 6.98. The molecular formula is C8H18N2. The van der Waals surface area contributed by atoms with Crippen LogP contribution < -0.4 is 11.1 Å². The molecule has 0 fully saturated rings. The average molecular weight is 142 g/mol. The van der Waals surface area contributed by atoms with Gasteiger partial charge < -0.3 is 11.1 Å². The average Bonchev–Trinajstić information content (AvgIpc) is 1.98. The van der Waals surface area contributed by atoms with E-state index in [1.165, 1.54) is 18.4 Å². The van der Waals surface area contributed by atoms with Crippen molar-refractivity contribution in [1.82, 2.24) is 5.32 Å². The van der Waals surface area contributed by atoms with E-state index in [2.05, 4.69) is 12.2 Å². The highest BCUT2D eigenvalue weighted by molar-refractivity contribution is 5.01. The molecule has 10 heavy (non-hydrogen) atoms. The number of unbranched alkanes of at least 4 members (excludes halogenated alkanes) is 1. The Bertz CT molecular complexity index is 97.4. The summed E-state index contributed by atoms with van der Waals surface area (Å²) in [5, 5.41) is 3.08. The van der Waals surface area contributed by atoms with Gasteiger partial charge in [-0.15, -0.1) is 0 Å². The van der Waals surface area contributed by atoms with E-state index in [1.807, 2.05) is 7.05 Å². The molecule has 0 saturated heterocycles. The van der Waals surface area contributed by atoms with Crippen molar-refractivity contribution in [3.63, 3.8) is 0 Å². The summed E-state index contributed by atoms with van der Waals surface area (Å²) in [6.07, 6.45) is 5.33. The summed E-state index contributed by atoms with van der Waals surface area (Å²) in [5.41, 5.74) is 6.71. The maximum atomic E-state index is 5.40. The lowest BCUT2D eigenvalue weighted by Crippen LogP contribution is -2.11. The van der Waals surface area contributed by atoms with Crippen LogP contribution in [0.4, 0.5) is 0 Å². The van der Waals surface area contributed by atoms with Gasteiger partial charge in [0.25, 0.3) is 0 Å². The Labute approximate surface area is 63.5 Å². The first kappa shape index (κ1) is 9.50. The first-order valence-electron chi connectivity index (χ1n) is 3.89. The number of hydrogen-bond donors (Lipinski definition) is 2. The highest BCUT2D eigenvalue weighted by Crippen LogP contribution is 2.03. The van der Waals surface area contributed by atoms with Crippen LogP contribution in [-0.2, 0) is 0 Å². The fourth-order valence-corrected chi connectivity index (χ4v) is 0.862. The normalized spacial score (nSPS) is 12.0. The van der Waals surface area contributed by atoms with Crippen LogP contribution in [-0.4, -0.2) is 13.6 Å². The summed E-state index contributed by atoms with van der Waals surface area (Å²) in [6, 6.07) is 0. The summed E-state index contributed by atoms with van der Waals surface area (Å²) < 4.78 is 0. The molecule has 0 aromatic carbocycles. The summed E-state index contributed by atoms with van der Waals surface area (Å²) >= 11 is 0. The van der Waals surface area contributed by atoms with E-state index in [4.69, 9.17) is 5.73 Å². The lowest BCUT2D eigenvalue weighted by molar-refractivity contribution is 0.742. The minimum Gasteiger partial charge on any atom is -0.405 e. The van der Waals surface area contributed by atoms with Gasteiger partial charge >= 0.3 is 0 Å². The van der Waals surface area contributed by atoms with Crippen molar-refractivity contribution in [2.75, 3.05) is 13.6 Å². The Morgan fingerprint density at radius 1 is 1.60 bits per heavy atom. The standard InChI is InChI=1S/C8H18N2/c1-3-4-5-8(6-9)7-10-2/h6,10H,3-5,7,9H2,1-2H3/b8-6-. The zero-order chi connectivity index (χ0) is 7.82. The Morgan fingerprint density at radius 2 is 2.30 bits per heavy atom. The van der Waals surface area contributed by atoms with E-state index in [1.54, 1.807) is 6.20 Å². The molecule has 0 rings (SSSR count). The van der Waals surface area contributed by atoms with E-state index in [-0.39, 0.29) is 0 Å². The number of rotatable bonds is 5. The van der Waals surface area contributed by atoms with Crippen LogP contribution in [0.1, 0.15) is 26.2 Å². The Hall–Kier alpha value is -0.500. The monoisotopic (exact) mass is 142 g/mol. The third-order valence-electron chi connectivity index (χ3n) is 1.49. The smallest absolute Gasteiger partial charge is 0.0178 e. The first-order chi connectivity index (χ1) is 4.85. The number of hydrogen-bond acceptors (Lipinski definition) is 2. The lowest BCUT2D eigenvalue weighted by atomic mass is 10.1. The molecule has 0 unspecified atom stereocenters. The van der Waals surface area contributed by atoms with E-state index < -0.39 is 0 Å². The second kappa shape index (κ2) is 6.62. The van der Waals surface area contributed by atoms with Crippen LogP contribution in [0.15, 0.2) is 11.8 Å². The molecule has 0 bridgehead atoms. The molecule has 0 aromatic rings. The molecule has 2 nitrogen and oxygen atoms in total. The van der Waals surface area contributed by atoms with Crippen molar-refractivity contribution in [1.29, 1.82) is 0 Å². The van der Waals surface area contributed by atoms with Crippen molar-refractivity contribution in [3.05, 3.63) is 11.8 Å². The van der Waals surface area contributed by atoms with E-state index in [9.17, 15) is 0 Å². The molecule has 0 aliphatic rings. The highest BCUT2D eigenvalue weighted by atomic mass is 14.8. The van der Waals surface area contributed by atoms with Gasteiger partial charge in [0, 0.05) is 6.54 Å². The number of nitrogens with two attached hydrogens (primary N) is 1. The van der Waals surface area contributed by atoms with Crippen LogP contribution in [0.3, 0.4) is 0 Å². The van der Waals surface area contributed by atoms with Gasteiger partial charge in [0.15, 0.2) is 0 Å². The van der Waals surface area contributed by atoms with Gasteiger partial charge in [0.05, 0.1) is 0 Å².